The summed E-state index contributed by atoms with van der Waals surface area (Å²) in [5.41, 5.74) is 1.50. The van der Waals surface area contributed by atoms with Crippen LogP contribution in [0.15, 0.2) is 60.7 Å². The molecule has 0 saturated carbocycles. The lowest BCUT2D eigenvalue weighted by Crippen LogP contribution is -2.59. The molecule has 0 radical (unpaired) electrons. The third-order valence-corrected chi connectivity index (χ3v) is 5.45. The van der Waals surface area contributed by atoms with Gasteiger partial charge in [-0.15, -0.1) is 0 Å². The molecule has 0 saturated heterocycles. The van der Waals surface area contributed by atoms with Crippen molar-refractivity contribution in [3.8, 4) is 0 Å². The van der Waals surface area contributed by atoms with Crippen molar-refractivity contribution >= 4 is 22.5 Å². The van der Waals surface area contributed by atoms with Crippen LogP contribution in [0.25, 0.3) is 0 Å². The summed E-state index contributed by atoms with van der Waals surface area (Å²) in [5.74, 6) is -1.86. The Kier molecular flexibility index (Phi) is 6.52. The van der Waals surface area contributed by atoms with Crippen molar-refractivity contribution in [3.05, 3.63) is 71.8 Å². The number of rotatable bonds is 8. The maximum absolute atomic E-state index is 12.6. The van der Waals surface area contributed by atoms with Crippen molar-refractivity contribution in [2.45, 2.75) is 30.6 Å². The van der Waals surface area contributed by atoms with Gasteiger partial charge in [-0.3, -0.25) is 9.59 Å². The van der Waals surface area contributed by atoms with Crippen LogP contribution in [0.2, 0.25) is 0 Å². The van der Waals surface area contributed by atoms with Crippen LogP contribution in [0.1, 0.15) is 18.1 Å². The molecule has 2 aromatic carbocycles. The van der Waals surface area contributed by atoms with E-state index in [-0.39, 0.29) is 12.8 Å². The summed E-state index contributed by atoms with van der Waals surface area (Å²) in [6.45, 7) is 1.21. The number of hydrogen-bond donors (Lipinski definition) is 3. The number of aliphatic carboxylic acids is 1. The predicted octanol–water partition coefficient (Wildman–Crippen LogP) is 2.53. The SMILES string of the molecule is CC(=O)NC(C(=O)O)C(Cc1ccccc1)(Cc1ccccc1)[S-](=N)=O. The molecule has 0 aliphatic carbocycles. The van der Waals surface area contributed by atoms with Crippen LogP contribution in [-0.4, -0.2) is 27.8 Å². The highest BCUT2D eigenvalue weighted by atomic mass is 32.2. The molecule has 7 heteroatoms. The average Bonchev–Trinajstić information content (AvgIpc) is 2.60. The van der Waals surface area contributed by atoms with Crippen molar-refractivity contribution in [3.63, 3.8) is 0 Å². The van der Waals surface area contributed by atoms with E-state index in [9.17, 15) is 18.9 Å². The van der Waals surface area contributed by atoms with Gasteiger partial charge < -0.3 is 19.4 Å². The van der Waals surface area contributed by atoms with Gasteiger partial charge in [0, 0.05) is 6.92 Å². The number of nitrogens with one attached hydrogen (secondary N) is 2. The molecule has 1 atom stereocenters. The average molecular weight is 373 g/mol. The highest BCUT2D eigenvalue weighted by molar-refractivity contribution is 7.75. The first-order chi connectivity index (χ1) is 12.3. The molecule has 0 aliphatic heterocycles. The zero-order valence-corrected chi connectivity index (χ0v) is 15.2. The van der Waals surface area contributed by atoms with Crippen molar-refractivity contribution in [2.75, 3.05) is 0 Å². The number of benzene rings is 2. The van der Waals surface area contributed by atoms with E-state index < -0.39 is 33.3 Å². The number of hydrogen-bond acceptors (Lipinski definition) is 5. The molecule has 2 rings (SSSR count). The van der Waals surface area contributed by atoms with Crippen LogP contribution < -0.4 is 5.32 Å². The Hall–Kier alpha value is -2.67. The lowest BCUT2D eigenvalue weighted by Gasteiger charge is -2.42. The van der Waals surface area contributed by atoms with Crippen LogP contribution in [0.4, 0.5) is 0 Å². The molecule has 0 fully saturated rings. The first kappa shape index (κ1) is 19.7. The molecule has 138 valence electrons. The first-order valence-corrected chi connectivity index (χ1v) is 9.21. The van der Waals surface area contributed by atoms with Gasteiger partial charge in [0.2, 0.25) is 5.91 Å². The predicted molar refractivity (Wildman–Crippen MR) is 99.0 cm³/mol. The lowest BCUT2D eigenvalue weighted by molar-refractivity contribution is -0.142. The molecule has 0 spiro atoms. The Morgan fingerprint density at radius 3 is 1.77 bits per heavy atom. The van der Waals surface area contributed by atoms with E-state index in [0.717, 1.165) is 11.1 Å². The topological polar surface area (TPSA) is 107 Å². The fourth-order valence-corrected chi connectivity index (χ4v) is 3.98. The van der Waals surface area contributed by atoms with Gasteiger partial charge in [0.05, 0.1) is 0 Å². The largest absolute Gasteiger partial charge is 0.480 e. The summed E-state index contributed by atoms with van der Waals surface area (Å²) >= 11 is 0. The van der Waals surface area contributed by atoms with Gasteiger partial charge >= 0.3 is 5.97 Å². The second-order valence-electron chi connectivity index (χ2n) is 6.13. The minimum Gasteiger partial charge on any atom is -0.480 e. The zero-order chi connectivity index (χ0) is 19.2. The Labute approximate surface area is 154 Å². The zero-order valence-electron chi connectivity index (χ0n) is 14.3. The maximum Gasteiger partial charge on any atom is 0.325 e. The smallest absolute Gasteiger partial charge is 0.325 e. The number of carboxylic acid groups (broad SMARTS) is 1. The van der Waals surface area contributed by atoms with Crippen LogP contribution in [-0.2, 0) is 37.2 Å². The third kappa shape index (κ3) is 4.70. The minimum absolute atomic E-state index is 0.0795. The van der Waals surface area contributed by atoms with Gasteiger partial charge in [-0.05, 0) is 28.7 Å². The van der Waals surface area contributed by atoms with Gasteiger partial charge in [0.1, 0.15) is 6.04 Å². The highest BCUT2D eigenvalue weighted by Gasteiger charge is 2.39. The lowest BCUT2D eigenvalue weighted by atomic mass is 9.85. The molecule has 0 aromatic heterocycles. The summed E-state index contributed by atoms with van der Waals surface area (Å²) in [6.07, 6.45) is 0.159. The van der Waals surface area contributed by atoms with Gasteiger partial charge in [0.15, 0.2) is 0 Å². The monoisotopic (exact) mass is 373 g/mol. The van der Waals surface area contributed by atoms with Crippen LogP contribution >= 0.6 is 0 Å². The molecule has 1 unspecified atom stereocenters. The van der Waals surface area contributed by atoms with Crippen LogP contribution in [0.5, 0.6) is 0 Å². The molecule has 0 aliphatic rings. The van der Waals surface area contributed by atoms with Gasteiger partial charge in [0.25, 0.3) is 0 Å². The van der Waals surface area contributed by atoms with Crippen LogP contribution in [0.3, 0.4) is 0 Å². The van der Waals surface area contributed by atoms with Gasteiger partial charge in [-0.25, -0.2) is 0 Å². The fraction of sp³-hybridized carbons (Fsp3) is 0.263. The van der Waals surface area contributed by atoms with Crippen molar-refractivity contribution < 1.29 is 18.9 Å². The molecule has 6 nitrogen and oxygen atoms in total. The van der Waals surface area contributed by atoms with Crippen molar-refractivity contribution in [1.82, 2.24) is 5.32 Å². The molecular formula is C19H21N2O4S-. The van der Waals surface area contributed by atoms with E-state index in [0.29, 0.717) is 0 Å². The van der Waals surface area contributed by atoms with E-state index in [2.05, 4.69) is 5.32 Å². The normalized spacial score (nSPS) is 12.5. The molecule has 3 N–H and O–H groups in total. The Morgan fingerprint density at radius 1 is 1.04 bits per heavy atom. The Balaban J connectivity index is 2.58. The Bertz CT molecular complexity index is 786. The van der Waals surface area contributed by atoms with Gasteiger partial charge in [-0.1, -0.05) is 60.7 Å². The molecule has 0 heterocycles. The summed E-state index contributed by atoms with van der Waals surface area (Å²) < 4.78 is 19.1. The Morgan fingerprint density at radius 2 is 1.46 bits per heavy atom. The fourth-order valence-electron chi connectivity index (χ4n) is 3.01. The molecule has 26 heavy (non-hydrogen) atoms. The van der Waals surface area contributed by atoms with Crippen LogP contribution in [0, 0.1) is 4.78 Å². The number of carboxylic acids is 1. The molecular weight excluding hydrogens is 352 g/mol. The summed E-state index contributed by atoms with van der Waals surface area (Å²) in [4.78, 5) is 23.5. The quantitative estimate of drug-likeness (QED) is 0.618. The van der Waals surface area contributed by atoms with E-state index in [1.165, 1.54) is 6.92 Å². The van der Waals surface area contributed by atoms with Crippen molar-refractivity contribution in [2.24, 2.45) is 0 Å². The van der Waals surface area contributed by atoms with E-state index >= 15 is 0 Å². The summed E-state index contributed by atoms with van der Waals surface area (Å²) in [6, 6.07) is 16.5. The minimum atomic E-state index is -2.28. The first-order valence-electron chi connectivity index (χ1n) is 8.06. The standard InChI is InChI=1S/C19H21N2O4S/c1-14(22)21-17(18(23)24)19(26(20)25,12-15-8-4-2-5-9-15)13-16-10-6-3-7-11-16/h2-11,17,20H,12-13H2,1H3,(H,21,22)(H,23,24)/q-1. The maximum atomic E-state index is 12.6. The van der Waals surface area contributed by atoms with Gasteiger partial charge in [-0.2, -0.15) is 10.6 Å². The molecule has 1 amide bonds. The summed E-state index contributed by atoms with van der Waals surface area (Å²) in [5, 5.41) is 12.1. The molecule has 0 bridgehead atoms. The van der Waals surface area contributed by atoms with E-state index in [1.807, 2.05) is 12.1 Å². The summed E-state index contributed by atoms with van der Waals surface area (Å²) in [7, 11) is -2.28. The van der Waals surface area contributed by atoms with E-state index in [1.54, 1.807) is 48.5 Å². The molecule has 2 aromatic rings. The van der Waals surface area contributed by atoms with E-state index in [4.69, 9.17) is 4.78 Å². The number of amides is 1. The third-order valence-electron chi connectivity index (χ3n) is 4.18. The second kappa shape index (κ2) is 8.62. The number of carbonyl (C=O) groups is 2. The highest BCUT2D eigenvalue weighted by Crippen LogP contribution is 2.28. The second-order valence-corrected chi connectivity index (χ2v) is 7.48. The van der Waals surface area contributed by atoms with Crippen molar-refractivity contribution in [1.29, 1.82) is 4.78 Å². The number of carbonyl (C=O) groups excluding carboxylic acids is 1.